The molecule has 4 nitrogen and oxygen atoms in total. The van der Waals surface area contributed by atoms with E-state index < -0.39 is 0 Å². The number of aromatic nitrogens is 2. The van der Waals surface area contributed by atoms with E-state index in [1.165, 1.54) is 0 Å². The van der Waals surface area contributed by atoms with Crippen LogP contribution < -0.4 is 0 Å². The van der Waals surface area contributed by atoms with E-state index in [0.29, 0.717) is 0 Å². The molecule has 0 amide bonds. The first-order chi connectivity index (χ1) is 12.8. The summed E-state index contributed by atoms with van der Waals surface area (Å²) in [5.74, 6) is 0. The number of hydrogen-bond donors (Lipinski definition) is 0. The Bertz CT molecular complexity index is 1070. The highest BCUT2D eigenvalue weighted by atomic mass is 15.0. The predicted molar refractivity (Wildman–Crippen MR) is 103 cm³/mol. The summed E-state index contributed by atoms with van der Waals surface area (Å²) in [6, 6.07) is 20.6. The lowest BCUT2D eigenvalue weighted by atomic mass is 10.2. The average Bonchev–Trinajstić information content (AvgIpc) is 3.23. The molecule has 0 unspecified atom stereocenters. The normalized spacial score (nSPS) is 10.8. The van der Waals surface area contributed by atoms with E-state index in [9.17, 15) is 10.5 Å². The molecule has 0 bridgehead atoms. The zero-order valence-corrected chi connectivity index (χ0v) is 14.4. The van der Waals surface area contributed by atoms with Crippen molar-refractivity contribution in [3.63, 3.8) is 0 Å². The quantitative estimate of drug-likeness (QED) is 0.490. The SMILES string of the molecule is N#Cc1cn(CCCCn2cc(C#N)c3ccccc32)c2ccccc12. The standard InChI is InChI=1S/C22H18N4/c23-13-17-15-25(21-9-3-1-7-19(17)21)11-5-6-12-26-16-18(14-24)20-8-2-4-10-22(20)26/h1-4,7-10,15-16H,5-6,11-12H2. The molecule has 0 saturated carbocycles. The van der Waals surface area contributed by atoms with Gasteiger partial charge in [-0.2, -0.15) is 10.5 Å². The van der Waals surface area contributed by atoms with Crippen molar-refractivity contribution in [2.75, 3.05) is 0 Å². The van der Waals surface area contributed by atoms with E-state index in [-0.39, 0.29) is 0 Å². The average molecular weight is 338 g/mol. The van der Waals surface area contributed by atoms with Gasteiger partial charge in [0.05, 0.1) is 11.1 Å². The highest BCUT2D eigenvalue weighted by Gasteiger charge is 2.09. The van der Waals surface area contributed by atoms with Gasteiger partial charge < -0.3 is 9.13 Å². The molecule has 0 atom stereocenters. The van der Waals surface area contributed by atoms with Crippen molar-refractivity contribution in [3.05, 3.63) is 72.1 Å². The fourth-order valence-electron chi connectivity index (χ4n) is 3.61. The molecule has 0 saturated heterocycles. The third-order valence-corrected chi connectivity index (χ3v) is 4.87. The first-order valence-corrected chi connectivity index (χ1v) is 8.78. The number of fused-ring (bicyclic) bond motifs is 2. The van der Waals surface area contributed by atoms with Crippen LogP contribution in [-0.2, 0) is 13.1 Å². The number of aryl methyl sites for hydroxylation is 2. The van der Waals surface area contributed by atoms with Crippen LogP contribution in [0.25, 0.3) is 21.8 Å². The number of nitriles is 2. The molecule has 2 heterocycles. The van der Waals surface area contributed by atoms with Gasteiger partial charge in [-0.15, -0.1) is 0 Å². The van der Waals surface area contributed by atoms with Gasteiger partial charge in [-0.3, -0.25) is 0 Å². The zero-order chi connectivity index (χ0) is 17.9. The Labute approximate surface area is 152 Å². The Morgan fingerprint density at radius 2 is 1.08 bits per heavy atom. The molecule has 2 aromatic carbocycles. The van der Waals surface area contributed by atoms with Crippen LogP contribution in [0.2, 0.25) is 0 Å². The lowest BCUT2D eigenvalue weighted by molar-refractivity contribution is 0.569. The maximum absolute atomic E-state index is 9.30. The molecule has 4 heteroatoms. The Kier molecular flexibility index (Phi) is 4.17. The van der Waals surface area contributed by atoms with Gasteiger partial charge in [0.15, 0.2) is 0 Å². The van der Waals surface area contributed by atoms with Crippen molar-refractivity contribution in [3.8, 4) is 12.1 Å². The topological polar surface area (TPSA) is 57.4 Å². The molecular weight excluding hydrogens is 320 g/mol. The van der Waals surface area contributed by atoms with E-state index in [0.717, 1.165) is 58.9 Å². The molecule has 4 rings (SSSR count). The van der Waals surface area contributed by atoms with Gasteiger partial charge >= 0.3 is 0 Å². The summed E-state index contributed by atoms with van der Waals surface area (Å²) >= 11 is 0. The van der Waals surface area contributed by atoms with Crippen LogP contribution in [0.3, 0.4) is 0 Å². The molecule has 0 aliphatic carbocycles. The first kappa shape index (κ1) is 16.0. The summed E-state index contributed by atoms with van der Waals surface area (Å²) in [5, 5.41) is 20.6. The Morgan fingerprint density at radius 1 is 0.654 bits per heavy atom. The van der Waals surface area contributed by atoms with Crippen LogP contribution >= 0.6 is 0 Å². The van der Waals surface area contributed by atoms with Crippen molar-refractivity contribution >= 4 is 21.8 Å². The second kappa shape index (κ2) is 6.78. The molecule has 2 aromatic heterocycles. The number of nitrogens with zero attached hydrogens (tertiary/aromatic N) is 4. The van der Waals surface area contributed by atoms with Gasteiger partial charge in [-0.05, 0) is 25.0 Å². The van der Waals surface area contributed by atoms with Crippen LogP contribution in [0, 0.1) is 22.7 Å². The Balaban J connectivity index is 1.47. The molecular formula is C22H18N4. The van der Waals surface area contributed by atoms with Gasteiger partial charge in [0.25, 0.3) is 0 Å². The number of unbranched alkanes of at least 4 members (excludes halogenated alkanes) is 1. The second-order valence-electron chi connectivity index (χ2n) is 6.44. The molecule has 26 heavy (non-hydrogen) atoms. The van der Waals surface area contributed by atoms with E-state index in [1.54, 1.807) is 0 Å². The van der Waals surface area contributed by atoms with Gasteiger partial charge in [0.1, 0.15) is 12.1 Å². The van der Waals surface area contributed by atoms with E-state index in [2.05, 4.69) is 33.4 Å². The second-order valence-corrected chi connectivity index (χ2v) is 6.44. The third-order valence-electron chi connectivity index (χ3n) is 4.87. The number of para-hydroxylation sites is 2. The van der Waals surface area contributed by atoms with Gasteiger partial charge in [-0.1, -0.05) is 36.4 Å². The Morgan fingerprint density at radius 3 is 1.50 bits per heavy atom. The summed E-state index contributed by atoms with van der Waals surface area (Å²) in [5.41, 5.74) is 3.69. The summed E-state index contributed by atoms with van der Waals surface area (Å²) in [7, 11) is 0. The van der Waals surface area contributed by atoms with Crippen LogP contribution in [0.5, 0.6) is 0 Å². The van der Waals surface area contributed by atoms with Crippen LogP contribution in [0.4, 0.5) is 0 Å². The minimum atomic E-state index is 0.732. The van der Waals surface area contributed by atoms with Crippen molar-refractivity contribution < 1.29 is 0 Å². The highest BCUT2D eigenvalue weighted by molar-refractivity contribution is 5.87. The fourth-order valence-corrected chi connectivity index (χ4v) is 3.61. The molecule has 0 radical (unpaired) electrons. The number of rotatable bonds is 5. The molecule has 0 fully saturated rings. The minimum Gasteiger partial charge on any atom is -0.346 e. The lowest BCUT2D eigenvalue weighted by Crippen LogP contribution is -2.00. The molecule has 0 aliphatic rings. The van der Waals surface area contributed by atoms with Crippen molar-refractivity contribution in [2.24, 2.45) is 0 Å². The van der Waals surface area contributed by atoms with E-state index >= 15 is 0 Å². The highest BCUT2D eigenvalue weighted by Crippen LogP contribution is 2.23. The van der Waals surface area contributed by atoms with Crippen LogP contribution in [-0.4, -0.2) is 9.13 Å². The van der Waals surface area contributed by atoms with Crippen molar-refractivity contribution in [1.29, 1.82) is 10.5 Å². The largest absolute Gasteiger partial charge is 0.346 e. The summed E-state index contributed by atoms with van der Waals surface area (Å²) in [6.45, 7) is 1.76. The monoisotopic (exact) mass is 338 g/mol. The molecule has 0 spiro atoms. The summed E-state index contributed by atoms with van der Waals surface area (Å²) in [6.07, 6.45) is 5.92. The number of benzene rings is 2. The van der Waals surface area contributed by atoms with E-state index in [4.69, 9.17) is 0 Å². The minimum absolute atomic E-state index is 0.732. The lowest BCUT2D eigenvalue weighted by Gasteiger charge is -2.07. The van der Waals surface area contributed by atoms with Crippen LogP contribution in [0.1, 0.15) is 24.0 Å². The maximum Gasteiger partial charge on any atom is 0.101 e. The molecule has 4 aromatic rings. The molecule has 0 aliphatic heterocycles. The van der Waals surface area contributed by atoms with Gasteiger partial charge in [0, 0.05) is 47.3 Å². The van der Waals surface area contributed by atoms with Gasteiger partial charge in [0.2, 0.25) is 0 Å². The third kappa shape index (κ3) is 2.72. The number of hydrogen-bond acceptors (Lipinski definition) is 2. The fraction of sp³-hybridized carbons (Fsp3) is 0.182. The van der Waals surface area contributed by atoms with Crippen molar-refractivity contribution in [2.45, 2.75) is 25.9 Å². The van der Waals surface area contributed by atoms with E-state index in [1.807, 2.05) is 48.8 Å². The predicted octanol–water partition coefficient (Wildman–Crippen LogP) is 4.82. The first-order valence-electron chi connectivity index (χ1n) is 8.78. The smallest absolute Gasteiger partial charge is 0.101 e. The summed E-state index contributed by atoms with van der Waals surface area (Å²) < 4.78 is 4.34. The summed E-state index contributed by atoms with van der Waals surface area (Å²) in [4.78, 5) is 0. The molecule has 0 N–H and O–H groups in total. The Hall–Kier alpha value is -3.50. The maximum atomic E-state index is 9.30. The van der Waals surface area contributed by atoms with Crippen LogP contribution in [0.15, 0.2) is 60.9 Å². The molecule has 126 valence electrons. The zero-order valence-electron chi connectivity index (χ0n) is 14.4. The van der Waals surface area contributed by atoms with Crippen molar-refractivity contribution in [1.82, 2.24) is 9.13 Å². The van der Waals surface area contributed by atoms with Gasteiger partial charge in [-0.25, -0.2) is 0 Å².